The number of anilines is 1. The Kier molecular flexibility index (Phi) is 3.66. The fourth-order valence-electron chi connectivity index (χ4n) is 1.75. The number of hydrogen-bond donors (Lipinski definition) is 1. The van der Waals surface area contributed by atoms with Crippen LogP contribution in [-0.4, -0.2) is 30.4 Å². The fourth-order valence-corrected chi connectivity index (χ4v) is 1.75. The number of nitro groups is 1. The van der Waals surface area contributed by atoms with Gasteiger partial charge in [-0.3, -0.25) is 24.3 Å². The standard InChI is InChI=1S/C11H11N7O3/c1-7-9(18(20)21)5-17(15-7)6-10(19)14-11-8(3-12)4-13-16(11)2/h4-5H,6H2,1-2H3,(H,14,19). The van der Waals surface area contributed by atoms with Gasteiger partial charge in [-0.2, -0.15) is 15.5 Å². The number of hydrogen-bond acceptors (Lipinski definition) is 6. The van der Waals surface area contributed by atoms with Gasteiger partial charge in [-0.1, -0.05) is 0 Å². The van der Waals surface area contributed by atoms with E-state index in [2.05, 4.69) is 15.5 Å². The molecule has 10 nitrogen and oxygen atoms in total. The van der Waals surface area contributed by atoms with Gasteiger partial charge in [-0.15, -0.1) is 0 Å². The Bertz CT molecular complexity index is 752. The predicted octanol–water partition coefficient (Wildman–Crippen LogP) is 0.344. The molecule has 10 heteroatoms. The van der Waals surface area contributed by atoms with E-state index in [4.69, 9.17) is 5.26 Å². The topological polar surface area (TPSA) is 132 Å². The molecule has 1 amide bonds. The summed E-state index contributed by atoms with van der Waals surface area (Å²) >= 11 is 0. The Balaban J connectivity index is 2.12. The van der Waals surface area contributed by atoms with E-state index in [1.165, 1.54) is 28.7 Å². The molecule has 0 aliphatic heterocycles. The molecular formula is C11H11N7O3. The third kappa shape index (κ3) is 2.86. The summed E-state index contributed by atoms with van der Waals surface area (Å²) in [5.41, 5.74) is 0.306. The Morgan fingerprint density at radius 1 is 1.62 bits per heavy atom. The van der Waals surface area contributed by atoms with Crippen LogP contribution < -0.4 is 5.32 Å². The van der Waals surface area contributed by atoms with Crippen molar-refractivity contribution in [1.29, 1.82) is 5.26 Å². The van der Waals surface area contributed by atoms with Gasteiger partial charge in [0.15, 0.2) is 0 Å². The first-order chi connectivity index (χ1) is 9.92. The zero-order chi connectivity index (χ0) is 15.6. The smallest absolute Gasteiger partial charge is 0.308 e. The number of aromatic nitrogens is 4. The summed E-state index contributed by atoms with van der Waals surface area (Å²) in [5.74, 6) is -0.201. The van der Waals surface area contributed by atoms with Crippen LogP contribution in [0.1, 0.15) is 11.3 Å². The lowest BCUT2D eigenvalue weighted by Gasteiger charge is -2.05. The number of amides is 1. The molecule has 2 rings (SSSR count). The van der Waals surface area contributed by atoms with Gasteiger partial charge >= 0.3 is 5.69 Å². The first kappa shape index (κ1) is 14.2. The van der Waals surface area contributed by atoms with Crippen molar-refractivity contribution in [2.75, 3.05) is 5.32 Å². The predicted molar refractivity (Wildman–Crippen MR) is 70.2 cm³/mol. The fraction of sp³-hybridized carbons (Fsp3) is 0.273. The van der Waals surface area contributed by atoms with E-state index in [-0.39, 0.29) is 29.3 Å². The highest BCUT2D eigenvalue weighted by atomic mass is 16.6. The Hall–Kier alpha value is -3.22. The molecule has 0 unspecified atom stereocenters. The van der Waals surface area contributed by atoms with Gasteiger partial charge in [0.05, 0.1) is 11.1 Å². The number of nitrogens with one attached hydrogen (secondary N) is 1. The van der Waals surface area contributed by atoms with Crippen molar-refractivity contribution in [1.82, 2.24) is 19.6 Å². The lowest BCUT2D eigenvalue weighted by molar-refractivity contribution is -0.385. The molecule has 21 heavy (non-hydrogen) atoms. The van der Waals surface area contributed by atoms with E-state index in [1.54, 1.807) is 7.05 Å². The van der Waals surface area contributed by atoms with E-state index in [1.807, 2.05) is 6.07 Å². The van der Waals surface area contributed by atoms with Gasteiger partial charge in [-0.05, 0) is 6.92 Å². The van der Waals surface area contributed by atoms with Crippen LogP contribution in [0, 0.1) is 28.4 Å². The Morgan fingerprint density at radius 3 is 2.90 bits per heavy atom. The molecule has 0 radical (unpaired) electrons. The molecule has 2 aromatic heterocycles. The molecule has 0 aliphatic rings. The maximum Gasteiger partial charge on any atom is 0.309 e. The maximum atomic E-state index is 11.9. The third-order valence-electron chi connectivity index (χ3n) is 2.74. The van der Waals surface area contributed by atoms with E-state index < -0.39 is 10.8 Å². The number of carbonyl (C=O) groups excluding carboxylic acids is 1. The Labute approximate surface area is 118 Å². The molecule has 108 valence electrons. The quantitative estimate of drug-likeness (QED) is 0.637. The number of aryl methyl sites for hydroxylation is 2. The van der Waals surface area contributed by atoms with Crippen LogP contribution in [0.2, 0.25) is 0 Å². The SMILES string of the molecule is Cc1nn(CC(=O)Nc2c(C#N)cnn2C)cc1[N+](=O)[O-]. The van der Waals surface area contributed by atoms with Crippen LogP contribution in [-0.2, 0) is 18.4 Å². The van der Waals surface area contributed by atoms with Gasteiger partial charge in [0.25, 0.3) is 0 Å². The highest BCUT2D eigenvalue weighted by Crippen LogP contribution is 2.16. The van der Waals surface area contributed by atoms with Crippen LogP contribution in [0.4, 0.5) is 11.5 Å². The molecule has 0 aliphatic carbocycles. The molecule has 0 spiro atoms. The Morgan fingerprint density at radius 2 is 2.33 bits per heavy atom. The molecule has 0 bridgehead atoms. The van der Waals surface area contributed by atoms with Gasteiger partial charge < -0.3 is 5.32 Å². The van der Waals surface area contributed by atoms with Gasteiger partial charge in [-0.25, -0.2) is 0 Å². The minimum absolute atomic E-state index is 0.152. The van der Waals surface area contributed by atoms with Crippen molar-refractivity contribution in [3.05, 3.63) is 33.8 Å². The summed E-state index contributed by atoms with van der Waals surface area (Å²) in [4.78, 5) is 22.0. The van der Waals surface area contributed by atoms with E-state index in [9.17, 15) is 14.9 Å². The zero-order valence-electron chi connectivity index (χ0n) is 11.3. The monoisotopic (exact) mass is 289 g/mol. The summed E-state index contributed by atoms with van der Waals surface area (Å²) in [6.45, 7) is 1.28. The first-order valence-electron chi connectivity index (χ1n) is 5.82. The summed E-state index contributed by atoms with van der Waals surface area (Å²) in [5, 5.41) is 29.9. The molecule has 2 heterocycles. The summed E-state index contributed by atoms with van der Waals surface area (Å²) < 4.78 is 2.53. The molecular weight excluding hydrogens is 278 g/mol. The minimum Gasteiger partial charge on any atom is -0.308 e. The first-order valence-corrected chi connectivity index (χ1v) is 5.82. The number of nitrogens with zero attached hydrogens (tertiary/aromatic N) is 6. The van der Waals surface area contributed by atoms with Crippen LogP contribution in [0.15, 0.2) is 12.4 Å². The van der Waals surface area contributed by atoms with Crippen molar-refractivity contribution in [3.8, 4) is 6.07 Å². The average molecular weight is 289 g/mol. The lowest BCUT2D eigenvalue weighted by atomic mass is 10.3. The average Bonchev–Trinajstić information content (AvgIpc) is 2.94. The van der Waals surface area contributed by atoms with Crippen molar-refractivity contribution in [2.45, 2.75) is 13.5 Å². The van der Waals surface area contributed by atoms with Gasteiger partial charge in [0.2, 0.25) is 5.91 Å². The lowest BCUT2D eigenvalue weighted by Crippen LogP contribution is -2.21. The highest BCUT2D eigenvalue weighted by molar-refractivity contribution is 5.90. The van der Waals surface area contributed by atoms with Crippen LogP contribution >= 0.6 is 0 Å². The second-order valence-electron chi connectivity index (χ2n) is 4.24. The van der Waals surface area contributed by atoms with Crippen LogP contribution in [0.5, 0.6) is 0 Å². The molecule has 0 atom stereocenters. The van der Waals surface area contributed by atoms with Gasteiger partial charge in [0.1, 0.15) is 35.9 Å². The zero-order valence-corrected chi connectivity index (χ0v) is 11.3. The van der Waals surface area contributed by atoms with E-state index in [0.717, 1.165) is 0 Å². The normalized spacial score (nSPS) is 10.1. The molecule has 0 aromatic carbocycles. The minimum atomic E-state index is -0.564. The summed E-state index contributed by atoms with van der Waals surface area (Å²) in [7, 11) is 1.58. The number of carbonyl (C=O) groups is 1. The number of nitriles is 1. The molecule has 0 fully saturated rings. The highest BCUT2D eigenvalue weighted by Gasteiger charge is 2.17. The largest absolute Gasteiger partial charge is 0.309 e. The number of rotatable bonds is 4. The van der Waals surface area contributed by atoms with Gasteiger partial charge in [0, 0.05) is 7.05 Å². The molecule has 2 aromatic rings. The third-order valence-corrected chi connectivity index (χ3v) is 2.74. The molecule has 0 saturated carbocycles. The van der Waals surface area contributed by atoms with Crippen molar-refractivity contribution >= 4 is 17.4 Å². The van der Waals surface area contributed by atoms with Crippen molar-refractivity contribution < 1.29 is 9.72 Å². The second-order valence-corrected chi connectivity index (χ2v) is 4.24. The van der Waals surface area contributed by atoms with Crippen LogP contribution in [0.25, 0.3) is 0 Å². The summed E-state index contributed by atoms with van der Waals surface area (Å²) in [6, 6.07) is 1.90. The maximum absolute atomic E-state index is 11.9. The second kappa shape index (κ2) is 5.41. The van der Waals surface area contributed by atoms with Crippen molar-refractivity contribution in [3.63, 3.8) is 0 Å². The van der Waals surface area contributed by atoms with E-state index in [0.29, 0.717) is 0 Å². The molecule has 0 saturated heterocycles. The van der Waals surface area contributed by atoms with Crippen LogP contribution in [0.3, 0.4) is 0 Å². The van der Waals surface area contributed by atoms with E-state index >= 15 is 0 Å². The van der Waals surface area contributed by atoms with Crippen molar-refractivity contribution in [2.24, 2.45) is 7.05 Å². The summed E-state index contributed by atoms with van der Waals surface area (Å²) in [6.07, 6.45) is 2.52. The molecule has 1 N–H and O–H groups in total.